The van der Waals surface area contributed by atoms with Gasteiger partial charge in [0.05, 0.1) is 0 Å². The van der Waals surface area contributed by atoms with Crippen LogP contribution in [0.15, 0.2) is 47.6 Å². The van der Waals surface area contributed by atoms with Crippen LogP contribution < -0.4 is 0 Å². The average molecular weight is 192 g/mol. The summed E-state index contributed by atoms with van der Waals surface area (Å²) in [6.45, 7) is 0. The molecule has 62 valence electrons. The normalized spacial score (nSPS) is 18.7. The van der Waals surface area contributed by atoms with Crippen LogP contribution in [-0.2, 0) is 21.7 Å². The van der Waals surface area contributed by atoms with E-state index in [2.05, 4.69) is 42.9 Å². The molecule has 0 unspecified atom stereocenters. The van der Waals surface area contributed by atoms with Crippen LogP contribution in [0.2, 0.25) is 0 Å². The Labute approximate surface area is 90.1 Å². The fourth-order valence-corrected chi connectivity index (χ4v) is 1.38. The minimum atomic E-state index is 0. The van der Waals surface area contributed by atoms with Crippen molar-refractivity contribution < 1.29 is 23.1 Å². The van der Waals surface area contributed by atoms with Gasteiger partial charge < -0.3 is 1.43 Å². The molecule has 0 saturated carbocycles. The van der Waals surface area contributed by atoms with Crippen molar-refractivity contribution in [1.29, 1.82) is 0 Å². The predicted octanol–water partition coefficient (Wildman–Crippen LogP) is 3.07. The van der Waals surface area contributed by atoms with Gasteiger partial charge in [-0.1, -0.05) is 12.2 Å². The van der Waals surface area contributed by atoms with Crippen LogP contribution in [0, 0.1) is 6.42 Å². The SMILES string of the molecule is C1=CCC([CH-]C2=CC=CC2)=C1.[H-].[Ti]. The standard InChI is InChI=1S/C11H11.Ti.H/c1-2-6-10(5-1)9-11-7-3-4-8-11;;/h1-5,7,9H,6,8H2;;/q-1;;-1. The van der Waals surface area contributed by atoms with Crippen molar-refractivity contribution in [3.63, 3.8) is 0 Å². The Morgan fingerprint density at radius 2 is 1.50 bits per heavy atom. The molecule has 0 saturated heterocycles. The van der Waals surface area contributed by atoms with E-state index in [1.807, 2.05) is 0 Å². The third-order valence-electron chi connectivity index (χ3n) is 1.97. The molecule has 0 radical (unpaired) electrons. The van der Waals surface area contributed by atoms with E-state index in [9.17, 15) is 0 Å². The molecule has 0 bridgehead atoms. The molecular weight excluding hydrogens is 180 g/mol. The Kier molecular flexibility index (Phi) is 3.64. The predicted molar refractivity (Wildman–Crippen MR) is 49.1 cm³/mol. The molecule has 0 heterocycles. The first kappa shape index (κ1) is 9.63. The van der Waals surface area contributed by atoms with Gasteiger partial charge in [0.15, 0.2) is 0 Å². The van der Waals surface area contributed by atoms with Crippen LogP contribution >= 0.6 is 0 Å². The minimum Gasteiger partial charge on any atom is -1.00 e. The van der Waals surface area contributed by atoms with Crippen LogP contribution in [-0.4, -0.2) is 0 Å². The summed E-state index contributed by atoms with van der Waals surface area (Å²) in [5.41, 5.74) is 2.86. The quantitative estimate of drug-likeness (QED) is 0.465. The van der Waals surface area contributed by atoms with E-state index in [4.69, 9.17) is 0 Å². The van der Waals surface area contributed by atoms with E-state index in [1.165, 1.54) is 11.1 Å². The summed E-state index contributed by atoms with van der Waals surface area (Å²) in [6, 6.07) is 0. The van der Waals surface area contributed by atoms with Crippen molar-refractivity contribution in [2.45, 2.75) is 12.8 Å². The van der Waals surface area contributed by atoms with Gasteiger partial charge in [0, 0.05) is 21.7 Å². The Morgan fingerprint density at radius 1 is 1.00 bits per heavy atom. The second kappa shape index (κ2) is 4.54. The van der Waals surface area contributed by atoms with Gasteiger partial charge in [0.2, 0.25) is 0 Å². The van der Waals surface area contributed by atoms with Gasteiger partial charge in [0.1, 0.15) is 0 Å². The topological polar surface area (TPSA) is 0 Å². The summed E-state index contributed by atoms with van der Waals surface area (Å²) >= 11 is 0. The van der Waals surface area contributed by atoms with Crippen molar-refractivity contribution in [2.24, 2.45) is 0 Å². The molecule has 0 fully saturated rings. The third kappa shape index (κ3) is 2.26. The first-order valence-electron chi connectivity index (χ1n) is 4.01. The molecule has 2 aliphatic carbocycles. The zero-order valence-electron chi connectivity index (χ0n) is 7.96. The van der Waals surface area contributed by atoms with Gasteiger partial charge in [-0.15, -0.1) is 12.2 Å². The van der Waals surface area contributed by atoms with Gasteiger partial charge in [-0.3, -0.25) is 0 Å². The van der Waals surface area contributed by atoms with E-state index >= 15 is 0 Å². The molecule has 0 aliphatic heterocycles. The fraction of sp³-hybridized carbons (Fsp3) is 0.182. The zero-order valence-corrected chi connectivity index (χ0v) is 8.52. The zero-order chi connectivity index (χ0) is 7.52. The summed E-state index contributed by atoms with van der Waals surface area (Å²) in [7, 11) is 0. The maximum atomic E-state index is 2.28. The van der Waals surface area contributed by atoms with E-state index in [1.54, 1.807) is 0 Å². The van der Waals surface area contributed by atoms with Crippen molar-refractivity contribution in [2.75, 3.05) is 0 Å². The first-order valence-corrected chi connectivity index (χ1v) is 4.01. The molecule has 0 N–H and O–H groups in total. The molecular formula is C11H12Ti-2. The Balaban J connectivity index is 0.000000720. The van der Waals surface area contributed by atoms with Crippen molar-refractivity contribution in [1.82, 2.24) is 0 Å². The number of hydrogen-bond acceptors (Lipinski definition) is 0. The molecule has 0 spiro atoms. The third-order valence-corrected chi connectivity index (χ3v) is 1.97. The monoisotopic (exact) mass is 192 g/mol. The maximum absolute atomic E-state index is 2.28. The van der Waals surface area contributed by atoms with E-state index in [-0.39, 0.29) is 23.1 Å². The van der Waals surface area contributed by atoms with Gasteiger partial charge in [-0.2, -0.15) is 29.7 Å². The molecule has 0 aromatic rings. The summed E-state index contributed by atoms with van der Waals surface area (Å²) in [4.78, 5) is 0. The number of allylic oxidation sites excluding steroid dienone is 8. The van der Waals surface area contributed by atoms with Crippen molar-refractivity contribution in [3.8, 4) is 0 Å². The van der Waals surface area contributed by atoms with Crippen molar-refractivity contribution in [3.05, 3.63) is 54.0 Å². The molecule has 0 amide bonds. The van der Waals surface area contributed by atoms with Crippen molar-refractivity contribution >= 4 is 0 Å². The number of rotatable bonds is 2. The number of hydrogen-bond donors (Lipinski definition) is 0. The first-order chi connectivity index (χ1) is 5.45. The van der Waals surface area contributed by atoms with Crippen LogP contribution in [0.3, 0.4) is 0 Å². The second-order valence-corrected chi connectivity index (χ2v) is 2.89. The van der Waals surface area contributed by atoms with Crippen LogP contribution in [0.1, 0.15) is 14.3 Å². The average Bonchev–Trinajstić information content (AvgIpc) is 2.60. The molecule has 1 heteroatoms. The van der Waals surface area contributed by atoms with Crippen LogP contribution in [0.5, 0.6) is 0 Å². The maximum Gasteiger partial charge on any atom is 0 e. The second-order valence-electron chi connectivity index (χ2n) is 2.89. The summed E-state index contributed by atoms with van der Waals surface area (Å²) in [5.74, 6) is 0. The Bertz CT molecular complexity index is 244. The Hall–Kier alpha value is -0.456. The molecule has 0 aromatic carbocycles. The minimum absolute atomic E-state index is 0. The van der Waals surface area contributed by atoms with Crippen LogP contribution in [0.25, 0.3) is 0 Å². The Morgan fingerprint density at radius 3 is 1.83 bits per heavy atom. The summed E-state index contributed by atoms with van der Waals surface area (Å²) in [6.07, 6.45) is 17.5. The molecule has 0 nitrogen and oxygen atoms in total. The van der Waals surface area contributed by atoms with Gasteiger partial charge in [-0.25, -0.2) is 0 Å². The largest absolute Gasteiger partial charge is 1.00 e. The van der Waals surface area contributed by atoms with E-state index < -0.39 is 0 Å². The van der Waals surface area contributed by atoms with Gasteiger partial charge in [-0.05, 0) is 12.8 Å². The molecule has 0 aromatic heterocycles. The van der Waals surface area contributed by atoms with Gasteiger partial charge in [0.25, 0.3) is 0 Å². The molecule has 2 rings (SSSR count). The van der Waals surface area contributed by atoms with E-state index in [0.717, 1.165) is 12.8 Å². The summed E-state index contributed by atoms with van der Waals surface area (Å²) < 4.78 is 0. The molecule has 12 heavy (non-hydrogen) atoms. The van der Waals surface area contributed by atoms with E-state index in [0.29, 0.717) is 0 Å². The fourth-order valence-electron chi connectivity index (χ4n) is 1.38. The smallest absolute Gasteiger partial charge is 0 e. The van der Waals surface area contributed by atoms with Gasteiger partial charge >= 0.3 is 0 Å². The van der Waals surface area contributed by atoms with Crippen LogP contribution in [0.4, 0.5) is 0 Å². The molecule has 0 atom stereocenters. The summed E-state index contributed by atoms with van der Waals surface area (Å²) in [5, 5.41) is 0. The molecule has 2 aliphatic rings.